The number of carbonyl (C=O) groups excluding carboxylic acids is 1. The molecule has 0 aliphatic heterocycles. The topological polar surface area (TPSA) is 50.7 Å². The molecule has 1 N–H and O–H groups in total. The Labute approximate surface area is 144 Å². The third-order valence-corrected chi connectivity index (χ3v) is 3.44. The first-order valence-corrected chi connectivity index (χ1v) is 7.87. The number of amides is 1. The summed E-state index contributed by atoms with van der Waals surface area (Å²) in [4.78, 5) is 11.8. The van der Waals surface area contributed by atoms with Gasteiger partial charge >= 0.3 is 0 Å². The minimum Gasteiger partial charge on any atom is -0.490 e. The quantitative estimate of drug-likeness (QED) is 0.457. The fraction of sp³-hybridized carbons (Fsp3) is 0.111. The molecule has 0 bridgehead atoms. The van der Waals surface area contributed by atoms with Gasteiger partial charge in [0, 0.05) is 4.47 Å². The van der Waals surface area contributed by atoms with Crippen LogP contribution in [0.2, 0.25) is 0 Å². The predicted octanol–water partition coefficient (Wildman–Crippen LogP) is 3.71. The van der Waals surface area contributed by atoms with Crippen LogP contribution >= 0.6 is 15.9 Å². The van der Waals surface area contributed by atoms with Crippen molar-refractivity contribution >= 4 is 28.1 Å². The smallest absolute Gasteiger partial charge is 0.244 e. The van der Waals surface area contributed by atoms with Crippen LogP contribution in [0.1, 0.15) is 11.1 Å². The third kappa shape index (κ3) is 6.08. The number of nitrogens with one attached hydrogen (secondary N) is 1. The van der Waals surface area contributed by atoms with Gasteiger partial charge in [-0.05, 0) is 35.4 Å². The molecule has 4 nitrogen and oxygen atoms in total. The fourth-order valence-corrected chi connectivity index (χ4v) is 2.11. The summed E-state index contributed by atoms with van der Waals surface area (Å²) in [7, 11) is 0. The first-order valence-electron chi connectivity index (χ1n) is 7.07. The van der Waals surface area contributed by atoms with Gasteiger partial charge in [-0.1, -0.05) is 52.9 Å². The van der Waals surface area contributed by atoms with E-state index >= 15 is 0 Å². The number of halogens is 1. The van der Waals surface area contributed by atoms with Crippen molar-refractivity contribution in [1.82, 2.24) is 5.43 Å². The second-order valence-electron chi connectivity index (χ2n) is 4.77. The molecule has 0 atom stereocenters. The molecule has 5 heteroatoms. The minimum atomic E-state index is -0.164. The average molecular weight is 373 g/mol. The van der Waals surface area contributed by atoms with Crippen LogP contribution in [0.25, 0.3) is 0 Å². The number of hydrogen-bond donors (Lipinski definition) is 1. The van der Waals surface area contributed by atoms with Gasteiger partial charge in [-0.25, -0.2) is 5.43 Å². The van der Waals surface area contributed by atoms with E-state index in [9.17, 15) is 4.79 Å². The number of rotatable bonds is 7. The maximum atomic E-state index is 11.8. The van der Waals surface area contributed by atoms with Crippen molar-refractivity contribution in [2.24, 2.45) is 5.10 Å². The highest BCUT2D eigenvalue weighted by atomic mass is 79.9. The van der Waals surface area contributed by atoms with Crippen molar-refractivity contribution in [3.8, 4) is 5.75 Å². The average Bonchev–Trinajstić information content (AvgIpc) is 2.55. The van der Waals surface area contributed by atoms with Crippen LogP contribution in [0, 0.1) is 0 Å². The van der Waals surface area contributed by atoms with Crippen LogP contribution in [-0.2, 0) is 11.2 Å². The highest BCUT2D eigenvalue weighted by molar-refractivity contribution is 9.10. The molecule has 2 aromatic carbocycles. The van der Waals surface area contributed by atoms with Crippen molar-refractivity contribution in [3.05, 3.63) is 76.8 Å². The molecule has 0 heterocycles. The molecule has 0 aliphatic rings. The lowest BCUT2D eigenvalue weighted by Gasteiger charge is -2.03. The molecule has 0 radical (unpaired) electrons. The maximum Gasteiger partial charge on any atom is 0.244 e. The van der Waals surface area contributed by atoms with E-state index in [1.807, 2.05) is 48.5 Å². The Morgan fingerprint density at radius 1 is 1.26 bits per heavy atom. The van der Waals surface area contributed by atoms with E-state index in [2.05, 4.69) is 33.0 Å². The van der Waals surface area contributed by atoms with Gasteiger partial charge in [-0.3, -0.25) is 4.79 Å². The van der Waals surface area contributed by atoms with Crippen LogP contribution < -0.4 is 10.2 Å². The highest BCUT2D eigenvalue weighted by Crippen LogP contribution is 2.12. The summed E-state index contributed by atoms with van der Waals surface area (Å²) in [5, 5.41) is 3.97. The first-order chi connectivity index (χ1) is 11.2. The molecular formula is C18H17BrN2O2. The van der Waals surface area contributed by atoms with Gasteiger partial charge < -0.3 is 4.74 Å². The molecule has 0 aromatic heterocycles. The summed E-state index contributed by atoms with van der Waals surface area (Å²) in [6.45, 7) is 4.05. The Kier molecular flexibility index (Phi) is 6.56. The third-order valence-electron chi connectivity index (χ3n) is 2.91. The Morgan fingerprint density at radius 2 is 2.04 bits per heavy atom. The molecule has 1 amide bonds. The summed E-state index contributed by atoms with van der Waals surface area (Å²) in [5.41, 5.74) is 4.29. The molecular weight excluding hydrogens is 356 g/mol. The maximum absolute atomic E-state index is 11.8. The number of hydrogen-bond acceptors (Lipinski definition) is 3. The summed E-state index contributed by atoms with van der Waals surface area (Å²) < 4.78 is 6.43. The van der Waals surface area contributed by atoms with Crippen molar-refractivity contribution in [3.63, 3.8) is 0 Å². The van der Waals surface area contributed by atoms with Crippen LogP contribution in [-0.4, -0.2) is 18.7 Å². The summed E-state index contributed by atoms with van der Waals surface area (Å²) in [5.74, 6) is 0.567. The molecule has 23 heavy (non-hydrogen) atoms. The molecule has 2 aromatic rings. The van der Waals surface area contributed by atoms with Crippen LogP contribution in [0.4, 0.5) is 0 Å². The summed E-state index contributed by atoms with van der Waals surface area (Å²) in [6, 6.07) is 15.0. The molecule has 0 spiro atoms. The lowest BCUT2D eigenvalue weighted by Crippen LogP contribution is -2.19. The van der Waals surface area contributed by atoms with Crippen molar-refractivity contribution < 1.29 is 9.53 Å². The van der Waals surface area contributed by atoms with E-state index in [0.29, 0.717) is 6.61 Å². The van der Waals surface area contributed by atoms with E-state index < -0.39 is 0 Å². The minimum absolute atomic E-state index is 0.164. The number of nitrogens with zero attached hydrogens (tertiary/aromatic N) is 1. The second kappa shape index (κ2) is 8.90. The molecule has 0 saturated heterocycles. The van der Waals surface area contributed by atoms with Gasteiger partial charge in [0.25, 0.3) is 0 Å². The normalized spacial score (nSPS) is 10.5. The highest BCUT2D eigenvalue weighted by Gasteiger charge is 2.01. The molecule has 0 saturated carbocycles. The van der Waals surface area contributed by atoms with Crippen LogP contribution in [0.15, 0.2) is 70.8 Å². The molecule has 0 aliphatic carbocycles. The van der Waals surface area contributed by atoms with Crippen LogP contribution in [0.3, 0.4) is 0 Å². The Morgan fingerprint density at radius 3 is 2.78 bits per heavy atom. The number of hydrazone groups is 1. The number of carbonyl (C=O) groups is 1. The number of benzene rings is 2. The number of ether oxygens (including phenoxy) is 1. The van der Waals surface area contributed by atoms with Gasteiger partial charge in [-0.2, -0.15) is 5.10 Å². The SMILES string of the molecule is C=CCOc1cccc(/C=N/NC(=O)Cc2ccc(Br)cc2)c1. The van der Waals surface area contributed by atoms with Crippen molar-refractivity contribution in [2.45, 2.75) is 6.42 Å². The van der Waals surface area contributed by atoms with E-state index in [1.165, 1.54) is 0 Å². The summed E-state index contributed by atoms with van der Waals surface area (Å²) >= 11 is 3.36. The summed E-state index contributed by atoms with van der Waals surface area (Å²) in [6.07, 6.45) is 3.55. The first kappa shape index (κ1) is 17.0. The van der Waals surface area contributed by atoms with Crippen molar-refractivity contribution in [2.75, 3.05) is 6.61 Å². The predicted molar refractivity (Wildman–Crippen MR) is 95.7 cm³/mol. The van der Waals surface area contributed by atoms with Crippen LogP contribution in [0.5, 0.6) is 5.75 Å². The Bertz CT molecular complexity index is 696. The Balaban J connectivity index is 1.86. The zero-order valence-corrected chi connectivity index (χ0v) is 14.1. The monoisotopic (exact) mass is 372 g/mol. The van der Waals surface area contributed by atoms with Gasteiger partial charge in [0.1, 0.15) is 12.4 Å². The van der Waals surface area contributed by atoms with Gasteiger partial charge in [0.05, 0.1) is 12.6 Å². The van der Waals surface area contributed by atoms with E-state index in [-0.39, 0.29) is 12.3 Å². The van der Waals surface area contributed by atoms with E-state index in [1.54, 1.807) is 12.3 Å². The Hall–Kier alpha value is -2.40. The largest absolute Gasteiger partial charge is 0.490 e. The molecule has 2 rings (SSSR count). The zero-order chi connectivity index (χ0) is 16.5. The lowest BCUT2D eigenvalue weighted by molar-refractivity contribution is -0.120. The second-order valence-corrected chi connectivity index (χ2v) is 5.68. The molecule has 0 fully saturated rings. The standard InChI is InChI=1S/C18H17BrN2O2/c1-2-10-23-17-5-3-4-15(11-17)13-20-21-18(22)12-14-6-8-16(19)9-7-14/h2-9,11,13H,1,10,12H2,(H,21,22)/b20-13+. The van der Waals surface area contributed by atoms with Gasteiger partial charge in [0.2, 0.25) is 5.91 Å². The zero-order valence-electron chi connectivity index (χ0n) is 12.5. The fourth-order valence-electron chi connectivity index (χ4n) is 1.85. The van der Waals surface area contributed by atoms with E-state index in [0.717, 1.165) is 21.3 Å². The van der Waals surface area contributed by atoms with Crippen molar-refractivity contribution in [1.29, 1.82) is 0 Å². The lowest BCUT2D eigenvalue weighted by atomic mass is 10.1. The molecule has 0 unspecified atom stereocenters. The molecule has 118 valence electrons. The van der Waals surface area contributed by atoms with Gasteiger partial charge in [-0.15, -0.1) is 0 Å². The van der Waals surface area contributed by atoms with E-state index in [4.69, 9.17) is 4.74 Å². The van der Waals surface area contributed by atoms with Gasteiger partial charge in [0.15, 0.2) is 0 Å².